The number of urea groups is 1. The molecule has 2 aliphatic rings. The molecule has 0 spiro atoms. The number of carbonyl (C=O) groups excluding carboxylic acids is 1. The molecule has 1 N–H and O–H groups in total. The van der Waals surface area contributed by atoms with E-state index in [0.29, 0.717) is 18.5 Å². The molecule has 1 unspecified atom stereocenters. The third kappa shape index (κ3) is 4.09. The van der Waals surface area contributed by atoms with Gasteiger partial charge in [-0.05, 0) is 25.0 Å². The number of hydrogen-bond acceptors (Lipinski definition) is 3. The Balaban J connectivity index is 1.31. The molecular formula is C21H27N3O2. The lowest BCUT2D eigenvalue weighted by Crippen LogP contribution is -2.44. The van der Waals surface area contributed by atoms with E-state index in [4.69, 9.17) is 4.74 Å². The number of aromatic nitrogens is 1. The molecule has 2 heterocycles. The molecule has 1 aromatic heterocycles. The van der Waals surface area contributed by atoms with Gasteiger partial charge in [-0.15, -0.1) is 0 Å². The maximum atomic E-state index is 12.5. The second kappa shape index (κ2) is 7.94. The normalized spacial score (nSPS) is 21.5. The zero-order valence-electron chi connectivity index (χ0n) is 15.2. The molecule has 5 heteroatoms. The second-order valence-corrected chi connectivity index (χ2v) is 7.45. The van der Waals surface area contributed by atoms with Gasteiger partial charge in [-0.2, -0.15) is 0 Å². The summed E-state index contributed by atoms with van der Waals surface area (Å²) in [7, 11) is 0. The summed E-state index contributed by atoms with van der Waals surface area (Å²) >= 11 is 0. The van der Waals surface area contributed by atoms with Crippen LogP contribution in [-0.4, -0.2) is 41.2 Å². The standard InChI is InChI=1S/C21H27N3O2/c25-21(22-17-8-3-1-2-4-9-17)24-14-13-18(15-24)26-20-12-11-16-7-5-6-10-19(16)23-20/h5-7,10-12,17-18H,1-4,8-9,13-15H2,(H,22,25). The van der Waals surface area contributed by atoms with E-state index in [9.17, 15) is 4.79 Å². The Bertz CT molecular complexity index is 756. The first-order valence-corrected chi connectivity index (χ1v) is 9.86. The number of nitrogens with one attached hydrogen (secondary N) is 1. The predicted octanol–water partition coefficient (Wildman–Crippen LogP) is 4.12. The van der Waals surface area contributed by atoms with Crippen LogP contribution in [0.25, 0.3) is 10.9 Å². The first kappa shape index (κ1) is 17.1. The van der Waals surface area contributed by atoms with Gasteiger partial charge in [-0.25, -0.2) is 9.78 Å². The molecule has 1 atom stereocenters. The zero-order chi connectivity index (χ0) is 17.8. The van der Waals surface area contributed by atoms with Crippen molar-refractivity contribution in [3.8, 4) is 5.88 Å². The van der Waals surface area contributed by atoms with E-state index in [1.54, 1.807) is 0 Å². The van der Waals surface area contributed by atoms with Crippen molar-refractivity contribution in [2.75, 3.05) is 13.1 Å². The number of ether oxygens (including phenoxy) is 1. The van der Waals surface area contributed by atoms with Crippen LogP contribution in [0.5, 0.6) is 5.88 Å². The van der Waals surface area contributed by atoms with E-state index in [1.807, 2.05) is 41.3 Å². The first-order valence-electron chi connectivity index (χ1n) is 9.86. The summed E-state index contributed by atoms with van der Waals surface area (Å²) in [5.74, 6) is 0.639. The Morgan fingerprint density at radius 1 is 1.04 bits per heavy atom. The Morgan fingerprint density at radius 3 is 2.69 bits per heavy atom. The number of pyridine rings is 1. The number of para-hydroxylation sites is 1. The first-order chi connectivity index (χ1) is 12.8. The fourth-order valence-corrected chi connectivity index (χ4v) is 3.98. The van der Waals surface area contributed by atoms with Gasteiger partial charge in [0.2, 0.25) is 5.88 Å². The molecule has 1 aliphatic heterocycles. The van der Waals surface area contributed by atoms with Crippen LogP contribution in [0.3, 0.4) is 0 Å². The number of rotatable bonds is 3. The molecule has 4 rings (SSSR count). The van der Waals surface area contributed by atoms with Crippen LogP contribution < -0.4 is 10.1 Å². The van der Waals surface area contributed by atoms with Crippen molar-refractivity contribution in [1.29, 1.82) is 0 Å². The number of likely N-dealkylation sites (tertiary alicyclic amines) is 1. The Labute approximate surface area is 154 Å². The fraction of sp³-hybridized carbons (Fsp3) is 0.524. The van der Waals surface area contributed by atoms with E-state index >= 15 is 0 Å². The quantitative estimate of drug-likeness (QED) is 0.845. The highest BCUT2D eigenvalue weighted by Crippen LogP contribution is 2.21. The smallest absolute Gasteiger partial charge is 0.317 e. The van der Waals surface area contributed by atoms with Crippen LogP contribution in [0.1, 0.15) is 44.9 Å². The van der Waals surface area contributed by atoms with Gasteiger partial charge in [0.05, 0.1) is 12.1 Å². The summed E-state index contributed by atoms with van der Waals surface area (Å²) in [5.41, 5.74) is 0.936. The molecule has 1 saturated heterocycles. The average Bonchev–Trinajstić information content (AvgIpc) is 2.97. The summed E-state index contributed by atoms with van der Waals surface area (Å²) in [6.45, 7) is 1.38. The SMILES string of the molecule is O=C(NC1CCCCCC1)N1CCC(Oc2ccc3ccccc3n2)C1. The zero-order valence-corrected chi connectivity index (χ0v) is 15.2. The third-order valence-corrected chi connectivity index (χ3v) is 5.48. The molecule has 2 amide bonds. The minimum Gasteiger partial charge on any atom is -0.472 e. The van der Waals surface area contributed by atoms with E-state index in [-0.39, 0.29) is 12.1 Å². The highest BCUT2D eigenvalue weighted by molar-refractivity contribution is 5.78. The van der Waals surface area contributed by atoms with Crippen LogP contribution in [0.4, 0.5) is 4.79 Å². The van der Waals surface area contributed by atoms with Crippen LogP contribution in [0.15, 0.2) is 36.4 Å². The molecule has 138 valence electrons. The lowest BCUT2D eigenvalue weighted by atomic mass is 10.1. The van der Waals surface area contributed by atoms with Crippen molar-refractivity contribution in [2.24, 2.45) is 0 Å². The van der Waals surface area contributed by atoms with Gasteiger partial charge in [0.25, 0.3) is 0 Å². The minimum atomic E-state index is 0.0172. The fourth-order valence-electron chi connectivity index (χ4n) is 3.98. The largest absolute Gasteiger partial charge is 0.472 e. The van der Waals surface area contributed by atoms with Crippen LogP contribution >= 0.6 is 0 Å². The Hall–Kier alpha value is -2.30. The van der Waals surface area contributed by atoms with E-state index in [1.165, 1.54) is 25.7 Å². The monoisotopic (exact) mass is 353 g/mol. The number of fused-ring (bicyclic) bond motifs is 1. The third-order valence-electron chi connectivity index (χ3n) is 5.48. The second-order valence-electron chi connectivity index (χ2n) is 7.45. The molecule has 0 radical (unpaired) electrons. The van der Waals surface area contributed by atoms with Gasteiger partial charge >= 0.3 is 6.03 Å². The molecule has 26 heavy (non-hydrogen) atoms. The van der Waals surface area contributed by atoms with Gasteiger partial charge < -0.3 is 15.0 Å². The van der Waals surface area contributed by atoms with Crippen molar-refractivity contribution < 1.29 is 9.53 Å². The summed E-state index contributed by atoms with van der Waals surface area (Å²) in [4.78, 5) is 19.0. The number of hydrogen-bond donors (Lipinski definition) is 1. The topological polar surface area (TPSA) is 54.5 Å². The predicted molar refractivity (Wildman–Crippen MR) is 102 cm³/mol. The lowest BCUT2D eigenvalue weighted by molar-refractivity contribution is 0.180. The van der Waals surface area contributed by atoms with E-state index < -0.39 is 0 Å². The lowest BCUT2D eigenvalue weighted by Gasteiger charge is -2.22. The average molecular weight is 353 g/mol. The number of benzene rings is 1. The highest BCUT2D eigenvalue weighted by atomic mass is 16.5. The summed E-state index contributed by atoms with van der Waals surface area (Å²) in [6, 6.07) is 12.4. The van der Waals surface area contributed by atoms with Gasteiger partial charge in [0, 0.05) is 30.5 Å². The molecule has 0 bridgehead atoms. The summed E-state index contributed by atoms with van der Waals surface area (Å²) < 4.78 is 6.04. The van der Waals surface area contributed by atoms with Crippen molar-refractivity contribution in [3.05, 3.63) is 36.4 Å². The molecule has 5 nitrogen and oxygen atoms in total. The molecule has 1 aromatic carbocycles. The number of nitrogens with zero attached hydrogens (tertiary/aromatic N) is 2. The van der Waals surface area contributed by atoms with Gasteiger partial charge in [-0.3, -0.25) is 0 Å². The Morgan fingerprint density at radius 2 is 1.85 bits per heavy atom. The summed E-state index contributed by atoms with van der Waals surface area (Å²) in [5, 5.41) is 4.33. The van der Waals surface area contributed by atoms with Crippen molar-refractivity contribution >= 4 is 16.9 Å². The maximum Gasteiger partial charge on any atom is 0.317 e. The molecule has 1 saturated carbocycles. The van der Waals surface area contributed by atoms with Gasteiger partial charge in [-0.1, -0.05) is 43.9 Å². The van der Waals surface area contributed by atoms with Crippen LogP contribution in [0, 0.1) is 0 Å². The van der Waals surface area contributed by atoms with Crippen molar-refractivity contribution in [1.82, 2.24) is 15.2 Å². The molecule has 2 fully saturated rings. The molecule has 2 aromatic rings. The van der Waals surface area contributed by atoms with Crippen LogP contribution in [0.2, 0.25) is 0 Å². The molecular weight excluding hydrogens is 326 g/mol. The summed E-state index contributed by atoms with van der Waals surface area (Å²) in [6.07, 6.45) is 8.14. The Kier molecular flexibility index (Phi) is 5.23. The van der Waals surface area contributed by atoms with Gasteiger partial charge in [0.15, 0.2) is 0 Å². The van der Waals surface area contributed by atoms with E-state index in [0.717, 1.165) is 36.7 Å². The van der Waals surface area contributed by atoms with Crippen molar-refractivity contribution in [2.45, 2.75) is 57.1 Å². The molecule has 1 aliphatic carbocycles. The van der Waals surface area contributed by atoms with Crippen LogP contribution in [-0.2, 0) is 0 Å². The van der Waals surface area contributed by atoms with E-state index in [2.05, 4.69) is 10.3 Å². The number of amides is 2. The van der Waals surface area contributed by atoms with Crippen molar-refractivity contribution in [3.63, 3.8) is 0 Å². The number of carbonyl (C=O) groups is 1. The maximum absolute atomic E-state index is 12.5. The minimum absolute atomic E-state index is 0.0172. The van der Waals surface area contributed by atoms with Gasteiger partial charge in [0.1, 0.15) is 6.10 Å². The highest BCUT2D eigenvalue weighted by Gasteiger charge is 2.29.